The fourth-order valence-corrected chi connectivity index (χ4v) is 3.10. The van der Waals surface area contributed by atoms with E-state index in [0.29, 0.717) is 6.04 Å². The second-order valence-corrected chi connectivity index (χ2v) is 6.32. The first kappa shape index (κ1) is 15.3. The monoisotopic (exact) mass is 292 g/mol. The fraction of sp³-hybridized carbons (Fsp3) is 0.562. The third-order valence-electron chi connectivity index (χ3n) is 3.87. The van der Waals surface area contributed by atoms with Crippen LogP contribution in [-0.4, -0.2) is 38.3 Å². The molecule has 0 fully saturated rings. The minimum absolute atomic E-state index is 0.476. The zero-order valence-electron chi connectivity index (χ0n) is 12.8. The topological polar surface area (TPSA) is 19.7 Å². The maximum atomic E-state index is 5.61. The van der Waals surface area contributed by atoms with Crippen LogP contribution in [0.1, 0.15) is 25.3 Å². The summed E-state index contributed by atoms with van der Waals surface area (Å²) in [4.78, 5) is 3.77. The first-order valence-electron chi connectivity index (χ1n) is 7.53. The number of hydrogen-bond donors (Lipinski definition) is 2. The lowest BCUT2D eigenvalue weighted by Crippen LogP contribution is -3.05. The van der Waals surface area contributed by atoms with Crippen LogP contribution in [0.25, 0.3) is 0 Å². The van der Waals surface area contributed by atoms with E-state index in [-0.39, 0.29) is 0 Å². The Bertz CT molecular complexity index is 459. The quantitative estimate of drug-likeness (QED) is 0.643. The lowest BCUT2D eigenvalue weighted by molar-refractivity contribution is -0.858. The van der Waals surface area contributed by atoms with Crippen molar-refractivity contribution in [1.82, 2.24) is 5.32 Å². The highest BCUT2D eigenvalue weighted by molar-refractivity contribution is 7.80. The van der Waals surface area contributed by atoms with Crippen molar-refractivity contribution >= 4 is 23.0 Å². The normalized spacial score (nSPS) is 18.0. The van der Waals surface area contributed by atoms with Crippen molar-refractivity contribution in [2.24, 2.45) is 0 Å². The van der Waals surface area contributed by atoms with Crippen LogP contribution in [0.5, 0.6) is 0 Å². The van der Waals surface area contributed by atoms with E-state index in [1.807, 2.05) is 0 Å². The zero-order chi connectivity index (χ0) is 14.5. The molecule has 20 heavy (non-hydrogen) atoms. The molecule has 0 saturated heterocycles. The Kier molecular flexibility index (Phi) is 5.38. The molecule has 1 atom stereocenters. The van der Waals surface area contributed by atoms with Gasteiger partial charge < -0.3 is 15.1 Å². The summed E-state index contributed by atoms with van der Waals surface area (Å²) in [5.74, 6) is 0. The number of thiocarbonyl (C=S) groups is 1. The Morgan fingerprint density at radius 3 is 2.90 bits per heavy atom. The Morgan fingerprint density at radius 1 is 1.40 bits per heavy atom. The Labute approximate surface area is 128 Å². The standard InChI is InChI=1S/C16H25N3S/c1-13-9-10-14-7-4-5-8-15(14)19(13)16(20)17-11-6-12-18(2)3/h4-5,7-8,13H,6,9-12H2,1-3H3,(H,17,20)/p+1/t13-/m1/s1. The molecule has 0 aliphatic carbocycles. The van der Waals surface area contributed by atoms with Gasteiger partial charge in [-0.1, -0.05) is 18.2 Å². The number of hydrogen-bond acceptors (Lipinski definition) is 1. The Balaban J connectivity index is 1.98. The fourth-order valence-electron chi connectivity index (χ4n) is 2.72. The average Bonchev–Trinajstić information content (AvgIpc) is 2.43. The second kappa shape index (κ2) is 7.04. The average molecular weight is 292 g/mol. The van der Waals surface area contributed by atoms with Gasteiger partial charge in [0.05, 0.1) is 20.6 Å². The molecule has 0 spiro atoms. The van der Waals surface area contributed by atoms with Crippen LogP contribution in [0.3, 0.4) is 0 Å². The molecule has 0 bridgehead atoms. The summed E-state index contributed by atoms with van der Waals surface area (Å²) in [6.45, 7) is 4.38. The van der Waals surface area contributed by atoms with Gasteiger partial charge >= 0.3 is 0 Å². The molecule has 2 N–H and O–H groups in total. The number of nitrogens with zero attached hydrogens (tertiary/aromatic N) is 1. The predicted octanol–water partition coefficient (Wildman–Crippen LogP) is 1.24. The lowest BCUT2D eigenvalue weighted by Gasteiger charge is -2.37. The summed E-state index contributed by atoms with van der Waals surface area (Å²) >= 11 is 5.61. The maximum Gasteiger partial charge on any atom is 0.173 e. The summed E-state index contributed by atoms with van der Waals surface area (Å²) in [5.41, 5.74) is 2.69. The number of anilines is 1. The van der Waals surface area contributed by atoms with Gasteiger partial charge in [0.25, 0.3) is 0 Å². The highest BCUT2D eigenvalue weighted by atomic mass is 32.1. The Morgan fingerprint density at radius 2 is 2.15 bits per heavy atom. The van der Waals surface area contributed by atoms with Crippen molar-refractivity contribution in [3.05, 3.63) is 29.8 Å². The number of quaternary nitrogens is 1. The van der Waals surface area contributed by atoms with Crippen LogP contribution in [0.4, 0.5) is 5.69 Å². The first-order chi connectivity index (χ1) is 9.59. The number of aryl methyl sites for hydroxylation is 1. The SMILES string of the molecule is C[C@@H]1CCc2ccccc2N1C(=S)NCCC[NH+](C)C. The zero-order valence-corrected chi connectivity index (χ0v) is 13.6. The summed E-state index contributed by atoms with van der Waals surface area (Å²) in [5, 5.41) is 4.30. The third kappa shape index (κ3) is 3.70. The highest BCUT2D eigenvalue weighted by Gasteiger charge is 2.25. The van der Waals surface area contributed by atoms with E-state index in [4.69, 9.17) is 12.2 Å². The van der Waals surface area contributed by atoms with Crippen LogP contribution < -0.4 is 15.1 Å². The van der Waals surface area contributed by atoms with Crippen molar-refractivity contribution in [3.8, 4) is 0 Å². The number of nitrogens with one attached hydrogen (secondary N) is 2. The van der Waals surface area contributed by atoms with Gasteiger partial charge in [0, 0.05) is 24.7 Å². The van der Waals surface area contributed by atoms with Crippen molar-refractivity contribution in [1.29, 1.82) is 0 Å². The molecular weight excluding hydrogens is 266 g/mol. The van der Waals surface area contributed by atoms with E-state index in [1.165, 1.54) is 29.1 Å². The van der Waals surface area contributed by atoms with Crippen molar-refractivity contribution in [2.45, 2.75) is 32.2 Å². The van der Waals surface area contributed by atoms with Gasteiger partial charge in [-0.25, -0.2) is 0 Å². The van der Waals surface area contributed by atoms with E-state index in [2.05, 4.69) is 55.5 Å². The molecule has 1 aromatic rings. The van der Waals surface area contributed by atoms with E-state index in [9.17, 15) is 0 Å². The molecule has 1 heterocycles. The first-order valence-corrected chi connectivity index (χ1v) is 7.94. The van der Waals surface area contributed by atoms with E-state index in [1.54, 1.807) is 0 Å². The molecule has 2 rings (SSSR count). The molecule has 110 valence electrons. The van der Waals surface area contributed by atoms with Gasteiger partial charge in [0.2, 0.25) is 0 Å². The summed E-state index contributed by atoms with van der Waals surface area (Å²) in [6, 6.07) is 9.09. The van der Waals surface area contributed by atoms with Gasteiger partial charge in [0.1, 0.15) is 0 Å². The van der Waals surface area contributed by atoms with Crippen molar-refractivity contribution < 1.29 is 4.90 Å². The maximum absolute atomic E-state index is 5.61. The van der Waals surface area contributed by atoms with Crippen LogP contribution >= 0.6 is 12.2 Å². The van der Waals surface area contributed by atoms with Gasteiger partial charge in [-0.2, -0.15) is 0 Å². The van der Waals surface area contributed by atoms with Crippen LogP contribution in [0, 0.1) is 0 Å². The molecule has 0 saturated carbocycles. The third-order valence-corrected chi connectivity index (χ3v) is 4.21. The van der Waals surface area contributed by atoms with Crippen LogP contribution in [0.15, 0.2) is 24.3 Å². The Hall–Kier alpha value is -1.13. The predicted molar refractivity (Wildman–Crippen MR) is 89.6 cm³/mol. The second-order valence-electron chi connectivity index (χ2n) is 5.93. The molecule has 0 amide bonds. The molecule has 1 aromatic carbocycles. The minimum atomic E-state index is 0.476. The van der Waals surface area contributed by atoms with Crippen LogP contribution in [0.2, 0.25) is 0 Å². The summed E-state index contributed by atoms with van der Waals surface area (Å²) < 4.78 is 0. The van der Waals surface area contributed by atoms with E-state index < -0.39 is 0 Å². The number of fused-ring (bicyclic) bond motifs is 1. The molecule has 4 heteroatoms. The number of benzene rings is 1. The molecule has 0 unspecified atom stereocenters. The van der Waals surface area contributed by atoms with E-state index >= 15 is 0 Å². The van der Waals surface area contributed by atoms with Gasteiger partial charge in [-0.15, -0.1) is 0 Å². The van der Waals surface area contributed by atoms with Crippen molar-refractivity contribution in [2.75, 3.05) is 32.1 Å². The molecule has 3 nitrogen and oxygen atoms in total. The van der Waals surface area contributed by atoms with Crippen molar-refractivity contribution in [3.63, 3.8) is 0 Å². The van der Waals surface area contributed by atoms with E-state index in [0.717, 1.165) is 24.5 Å². The largest absolute Gasteiger partial charge is 0.362 e. The summed E-state index contributed by atoms with van der Waals surface area (Å²) in [7, 11) is 4.36. The van der Waals surface area contributed by atoms with Gasteiger partial charge in [0.15, 0.2) is 5.11 Å². The molecule has 0 aromatic heterocycles. The minimum Gasteiger partial charge on any atom is -0.362 e. The number of rotatable bonds is 4. The smallest absolute Gasteiger partial charge is 0.173 e. The number of para-hydroxylation sites is 1. The highest BCUT2D eigenvalue weighted by Crippen LogP contribution is 2.30. The molecule has 1 aliphatic heterocycles. The van der Waals surface area contributed by atoms with Crippen LogP contribution in [-0.2, 0) is 6.42 Å². The summed E-state index contributed by atoms with van der Waals surface area (Å²) in [6.07, 6.45) is 3.47. The molecular formula is C16H26N3S+. The van der Waals surface area contributed by atoms with Gasteiger partial charge in [-0.3, -0.25) is 0 Å². The van der Waals surface area contributed by atoms with Gasteiger partial charge in [-0.05, 0) is 43.6 Å². The lowest BCUT2D eigenvalue weighted by atomic mass is 9.97. The molecule has 0 radical (unpaired) electrons. The molecule has 1 aliphatic rings.